The van der Waals surface area contributed by atoms with Crippen molar-refractivity contribution in [2.75, 3.05) is 25.0 Å². The largest absolute Gasteiger partial charge is 0.360 e. The Bertz CT molecular complexity index is 731. The van der Waals surface area contributed by atoms with Gasteiger partial charge in [0.25, 0.3) is 5.91 Å². The van der Waals surface area contributed by atoms with Crippen molar-refractivity contribution in [3.8, 4) is 0 Å². The number of anilines is 1. The molecule has 2 heterocycles. The molecule has 0 aromatic carbocycles. The van der Waals surface area contributed by atoms with Crippen LogP contribution in [0.4, 0.5) is 5.82 Å². The van der Waals surface area contributed by atoms with Gasteiger partial charge in [0.1, 0.15) is 11.5 Å². The fourth-order valence-electron chi connectivity index (χ4n) is 3.74. The molecule has 0 aliphatic heterocycles. The quantitative estimate of drug-likeness (QED) is 0.871. The third-order valence-electron chi connectivity index (χ3n) is 5.37. The van der Waals surface area contributed by atoms with E-state index in [4.69, 9.17) is 4.98 Å². The monoisotopic (exact) mass is 342 g/mol. The average Bonchev–Trinajstić information content (AvgIpc) is 3.04. The number of aryl methyl sites for hydroxylation is 1. The molecule has 1 N–H and O–H groups in total. The first-order valence-corrected chi connectivity index (χ1v) is 9.64. The summed E-state index contributed by atoms with van der Waals surface area (Å²) < 4.78 is 2.05. The Kier molecular flexibility index (Phi) is 5.61. The molecule has 136 valence electrons. The molecule has 1 amide bonds. The SMILES string of the molecule is CCc1nc2ccc(C(=O)NCC3CCCCC3)cn2c1N(C)CC. The van der Waals surface area contributed by atoms with E-state index in [1.54, 1.807) is 0 Å². The number of fused-ring (bicyclic) bond motifs is 1. The minimum atomic E-state index is 0.0179. The van der Waals surface area contributed by atoms with Crippen LogP contribution in [0.5, 0.6) is 0 Å². The highest BCUT2D eigenvalue weighted by Gasteiger charge is 2.17. The predicted octanol–water partition coefficient (Wildman–Crippen LogP) is 3.66. The molecule has 1 fully saturated rings. The van der Waals surface area contributed by atoms with Crippen LogP contribution < -0.4 is 10.2 Å². The fourth-order valence-corrected chi connectivity index (χ4v) is 3.74. The molecule has 2 aromatic heterocycles. The minimum Gasteiger partial charge on any atom is -0.360 e. The molecule has 0 saturated heterocycles. The van der Waals surface area contributed by atoms with Crippen LogP contribution in [0.25, 0.3) is 5.65 Å². The smallest absolute Gasteiger partial charge is 0.252 e. The Labute approximate surface area is 150 Å². The van der Waals surface area contributed by atoms with Gasteiger partial charge in [-0.05, 0) is 44.2 Å². The summed E-state index contributed by atoms with van der Waals surface area (Å²) in [4.78, 5) is 19.5. The molecular formula is C20H30N4O. The van der Waals surface area contributed by atoms with Crippen LogP contribution in [-0.2, 0) is 6.42 Å². The molecule has 2 aromatic rings. The van der Waals surface area contributed by atoms with Crippen molar-refractivity contribution in [3.63, 3.8) is 0 Å². The van der Waals surface area contributed by atoms with Crippen LogP contribution in [0.1, 0.15) is 62.0 Å². The summed E-state index contributed by atoms with van der Waals surface area (Å²) in [5, 5.41) is 3.13. The first kappa shape index (κ1) is 17.8. The fraction of sp³-hybridized carbons (Fsp3) is 0.600. The lowest BCUT2D eigenvalue weighted by molar-refractivity contribution is 0.0943. The second kappa shape index (κ2) is 7.89. The second-order valence-corrected chi connectivity index (χ2v) is 7.11. The summed E-state index contributed by atoms with van der Waals surface area (Å²) in [6.07, 6.45) is 9.24. The Morgan fingerprint density at radius 2 is 2.04 bits per heavy atom. The van der Waals surface area contributed by atoms with Gasteiger partial charge in [-0.2, -0.15) is 0 Å². The summed E-state index contributed by atoms with van der Waals surface area (Å²) in [6.45, 7) is 5.94. The lowest BCUT2D eigenvalue weighted by Gasteiger charge is -2.21. The topological polar surface area (TPSA) is 49.6 Å². The van der Waals surface area contributed by atoms with Gasteiger partial charge in [-0.1, -0.05) is 26.2 Å². The molecule has 0 atom stereocenters. The van der Waals surface area contributed by atoms with E-state index in [0.29, 0.717) is 11.5 Å². The van der Waals surface area contributed by atoms with Crippen LogP contribution in [0, 0.1) is 5.92 Å². The lowest BCUT2D eigenvalue weighted by Crippen LogP contribution is -2.30. The Hall–Kier alpha value is -2.04. The molecule has 5 nitrogen and oxygen atoms in total. The number of hydrogen-bond donors (Lipinski definition) is 1. The van der Waals surface area contributed by atoms with E-state index in [1.165, 1.54) is 32.1 Å². The van der Waals surface area contributed by atoms with Gasteiger partial charge in [0.15, 0.2) is 0 Å². The molecule has 1 aliphatic rings. The molecule has 5 heteroatoms. The molecule has 0 unspecified atom stereocenters. The van der Waals surface area contributed by atoms with E-state index in [1.807, 2.05) is 18.3 Å². The average molecular weight is 342 g/mol. The van der Waals surface area contributed by atoms with Gasteiger partial charge in [0, 0.05) is 26.3 Å². The maximum absolute atomic E-state index is 12.6. The van der Waals surface area contributed by atoms with Crippen molar-refractivity contribution in [2.45, 2.75) is 52.4 Å². The second-order valence-electron chi connectivity index (χ2n) is 7.11. The van der Waals surface area contributed by atoms with E-state index < -0.39 is 0 Å². The number of carbonyl (C=O) groups excluding carboxylic acids is 1. The van der Waals surface area contributed by atoms with Gasteiger partial charge in [0.05, 0.1) is 11.3 Å². The van der Waals surface area contributed by atoms with Crippen molar-refractivity contribution >= 4 is 17.4 Å². The van der Waals surface area contributed by atoms with Gasteiger partial charge in [-0.3, -0.25) is 9.20 Å². The zero-order valence-corrected chi connectivity index (χ0v) is 15.7. The third-order valence-corrected chi connectivity index (χ3v) is 5.37. The Morgan fingerprint density at radius 1 is 1.28 bits per heavy atom. The number of aromatic nitrogens is 2. The Balaban J connectivity index is 1.80. The summed E-state index contributed by atoms with van der Waals surface area (Å²) in [5.41, 5.74) is 2.68. The van der Waals surface area contributed by atoms with E-state index in [9.17, 15) is 4.79 Å². The number of imidazole rings is 1. The summed E-state index contributed by atoms with van der Waals surface area (Å²) in [5.74, 6) is 1.74. The number of hydrogen-bond acceptors (Lipinski definition) is 3. The number of nitrogens with zero attached hydrogens (tertiary/aromatic N) is 3. The lowest BCUT2D eigenvalue weighted by atomic mass is 9.89. The van der Waals surface area contributed by atoms with E-state index in [2.05, 4.69) is 35.5 Å². The zero-order chi connectivity index (χ0) is 17.8. The van der Waals surface area contributed by atoms with Gasteiger partial charge in [0.2, 0.25) is 0 Å². The Morgan fingerprint density at radius 3 is 2.72 bits per heavy atom. The first-order valence-electron chi connectivity index (χ1n) is 9.64. The van der Waals surface area contributed by atoms with Crippen LogP contribution in [-0.4, -0.2) is 35.4 Å². The standard InChI is InChI=1S/C20H30N4O/c1-4-17-20(23(3)5-2)24-14-16(11-12-18(24)22-17)19(25)21-13-15-9-7-6-8-10-15/h11-12,14-15H,4-10,13H2,1-3H3,(H,21,25). The molecule has 0 spiro atoms. The number of pyridine rings is 1. The summed E-state index contributed by atoms with van der Waals surface area (Å²) in [7, 11) is 2.07. The third kappa shape index (κ3) is 3.80. The molecule has 25 heavy (non-hydrogen) atoms. The predicted molar refractivity (Wildman–Crippen MR) is 102 cm³/mol. The van der Waals surface area contributed by atoms with Crippen LogP contribution in [0.2, 0.25) is 0 Å². The van der Waals surface area contributed by atoms with Crippen LogP contribution in [0.15, 0.2) is 18.3 Å². The minimum absolute atomic E-state index is 0.0179. The molecular weight excluding hydrogens is 312 g/mol. The first-order chi connectivity index (χ1) is 12.1. The normalized spacial score (nSPS) is 15.5. The van der Waals surface area contributed by atoms with Crippen LogP contribution >= 0.6 is 0 Å². The van der Waals surface area contributed by atoms with Gasteiger partial charge >= 0.3 is 0 Å². The zero-order valence-electron chi connectivity index (χ0n) is 15.7. The van der Waals surface area contributed by atoms with E-state index in [0.717, 1.165) is 36.7 Å². The number of rotatable bonds is 6. The van der Waals surface area contributed by atoms with Gasteiger partial charge in [-0.25, -0.2) is 4.98 Å². The van der Waals surface area contributed by atoms with Crippen molar-refractivity contribution in [1.29, 1.82) is 0 Å². The molecule has 1 saturated carbocycles. The number of amides is 1. The van der Waals surface area contributed by atoms with Gasteiger partial charge in [-0.15, -0.1) is 0 Å². The van der Waals surface area contributed by atoms with Gasteiger partial charge < -0.3 is 10.2 Å². The maximum Gasteiger partial charge on any atom is 0.252 e. The van der Waals surface area contributed by atoms with Crippen molar-refractivity contribution in [3.05, 3.63) is 29.6 Å². The van der Waals surface area contributed by atoms with E-state index >= 15 is 0 Å². The van der Waals surface area contributed by atoms with E-state index in [-0.39, 0.29) is 5.91 Å². The maximum atomic E-state index is 12.6. The number of carbonyl (C=O) groups is 1. The molecule has 0 radical (unpaired) electrons. The van der Waals surface area contributed by atoms with Crippen molar-refractivity contribution in [1.82, 2.24) is 14.7 Å². The van der Waals surface area contributed by atoms with Crippen molar-refractivity contribution < 1.29 is 4.79 Å². The highest BCUT2D eigenvalue weighted by molar-refractivity contribution is 5.94. The van der Waals surface area contributed by atoms with Crippen molar-refractivity contribution in [2.24, 2.45) is 5.92 Å². The highest BCUT2D eigenvalue weighted by Crippen LogP contribution is 2.24. The molecule has 1 aliphatic carbocycles. The highest BCUT2D eigenvalue weighted by atomic mass is 16.1. The molecule has 3 rings (SSSR count). The summed E-state index contributed by atoms with van der Waals surface area (Å²) >= 11 is 0. The summed E-state index contributed by atoms with van der Waals surface area (Å²) in [6, 6.07) is 3.83. The van der Waals surface area contributed by atoms with Crippen LogP contribution in [0.3, 0.4) is 0 Å². The number of nitrogens with one attached hydrogen (secondary N) is 1. The molecule has 0 bridgehead atoms.